The van der Waals surface area contributed by atoms with Crippen molar-refractivity contribution in [3.05, 3.63) is 0 Å². The molecule has 0 aromatic rings. The SMILES string of the molecule is C[C@]12CCCCN1CCC[C@H]2CN. The summed E-state index contributed by atoms with van der Waals surface area (Å²) in [6.45, 7) is 5.94. The molecule has 13 heavy (non-hydrogen) atoms. The van der Waals surface area contributed by atoms with Gasteiger partial charge in [-0.1, -0.05) is 6.42 Å². The Morgan fingerprint density at radius 2 is 2.08 bits per heavy atom. The molecule has 0 amide bonds. The van der Waals surface area contributed by atoms with Crippen LogP contribution in [-0.4, -0.2) is 30.1 Å². The van der Waals surface area contributed by atoms with Crippen LogP contribution in [0.5, 0.6) is 0 Å². The second kappa shape index (κ2) is 3.58. The van der Waals surface area contributed by atoms with E-state index in [1.54, 1.807) is 0 Å². The minimum atomic E-state index is 0.450. The minimum absolute atomic E-state index is 0.450. The highest BCUT2D eigenvalue weighted by atomic mass is 15.2. The molecule has 2 aliphatic heterocycles. The Bertz CT molecular complexity index is 170. The summed E-state index contributed by atoms with van der Waals surface area (Å²) in [5, 5.41) is 0. The number of hydrogen-bond acceptors (Lipinski definition) is 2. The molecule has 0 unspecified atom stereocenters. The number of hydrogen-bond donors (Lipinski definition) is 1. The highest BCUT2D eigenvalue weighted by Crippen LogP contribution is 2.39. The molecule has 2 aliphatic rings. The van der Waals surface area contributed by atoms with E-state index in [0.717, 1.165) is 12.5 Å². The third-order valence-electron chi connectivity index (χ3n) is 4.23. The standard InChI is InChI=1S/C11H22N2/c1-11-6-2-3-7-13(11)8-4-5-10(11)9-12/h10H,2-9,12H2,1H3/t10-,11+/m0/s1. The fraction of sp³-hybridized carbons (Fsp3) is 1.00. The molecule has 2 heterocycles. The number of nitrogens with zero attached hydrogens (tertiary/aromatic N) is 1. The summed E-state index contributed by atoms with van der Waals surface area (Å²) in [5.74, 6) is 0.751. The van der Waals surface area contributed by atoms with E-state index in [2.05, 4.69) is 11.8 Å². The average molecular weight is 182 g/mol. The lowest BCUT2D eigenvalue weighted by Gasteiger charge is -2.53. The van der Waals surface area contributed by atoms with Gasteiger partial charge < -0.3 is 5.73 Å². The van der Waals surface area contributed by atoms with Crippen LogP contribution in [0.15, 0.2) is 0 Å². The Morgan fingerprint density at radius 1 is 1.31 bits per heavy atom. The van der Waals surface area contributed by atoms with Crippen LogP contribution in [0, 0.1) is 5.92 Å². The van der Waals surface area contributed by atoms with Gasteiger partial charge in [0.05, 0.1) is 0 Å². The molecule has 76 valence electrons. The summed E-state index contributed by atoms with van der Waals surface area (Å²) in [7, 11) is 0. The van der Waals surface area contributed by atoms with Gasteiger partial charge in [0.25, 0.3) is 0 Å². The zero-order valence-electron chi connectivity index (χ0n) is 8.76. The number of piperidine rings is 2. The third kappa shape index (κ3) is 1.50. The van der Waals surface area contributed by atoms with E-state index < -0.39 is 0 Å². The molecule has 0 aromatic heterocycles. The maximum Gasteiger partial charge on any atom is 0.0221 e. The molecule has 0 radical (unpaired) electrons. The second-order valence-corrected chi connectivity index (χ2v) is 4.88. The molecule has 2 heteroatoms. The van der Waals surface area contributed by atoms with Gasteiger partial charge in [-0.3, -0.25) is 4.90 Å². The van der Waals surface area contributed by atoms with Crippen LogP contribution in [-0.2, 0) is 0 Å². The predicted octanol–water partition coefficient (Wildman–Crippen LogP) is 1.60. The van der Waals surface area contributed by atoms with Crippen LogP contribution < -0.4 is 5.73 Å². The second-order valence-electron chi connectivity index (χ2n) is 4.88. The smallest absolute Gasteiger partial charge is 0.0221 e. The van der Waals surface area contributed by atoms with Gasteiger partial charge in [0, 0.05) is 5.54 Å². The van der Waals surface area contributed by atoms with Gasteiger partial charge in [-0.15, -0.1) is 0 Å². The van der Waals surface area contributed by atoms with Crippen molar-refractivity contribution in [3.8, 4) is 0 Å². The van der Waals surface area contributed by atoms with E-state index in [0.29, 0.717) is 5.54 Å². The Labute approximate surface area is 81.5 Å². The lowest BCUT2D eigenvalue weighted by Crippen LogP contribution is -2.59. The first-order chi connectivity index (χ1) is 6.27. The van der Waals surface area contributed by atoms with Crippen LogP contribution in [0.25, 0.3) is 0 Å². The molecule has 2 nitrogen and oxygen atoms in total. The van der Waals surface area contributed by atoms with Gasteiger partial charge in [0.15, 0.2) is 0 Å². The zero-order chi connectivity index (χ0) is 9.31. The van der Waals surface area contributed by atoms with Crippen LogP contribution in [0.4, 0.5) is 0 Å². The highest BCUT2D eigenvalue weighted by Gasteiger charge is 2.42. The maximum absolute atomic E-state index is 5.87. The van der Waals surface area contributed by atoms with Gasteiger partial charge in [-0.05, 0) is 58.2 Å². The van der Waals surface area contributed by atoms with Gasteiger partial charge in [0.2, 0.25) is 0 Å². The first-order valence-electron chi connectivity index (χ1n) is 5.72. The van der Waals surface area contributed by atoms with Crippen LogP contribution in [0.1, 0.15) is 39.0 Å². The molecular formula is C11H22N2. The topological polar surface area (TPSA) is 29.3 Å². The van der Waals surface area contributed by atoms with E-state index in [4.69, 9.17) is 5.73 Å². The quantitative estimate of drug-likeness (QED) is 0.667. The number of fused-ring (bicyclic) bond motifs is 1. The van der Waals surface area contributed by atoms with Gasteiger partial charge in [-0.2, -0.15) is 0 Å². The predicted molar refractivity (Wildman–Crippen MR) is 55.6 cm³/mol. The van der Waals surface area contributed by atoms with Crippen molar-refractivity contribution >= 4 is 0 Å². The Balaban J connectivity index is 2.14. The van der Waals surface area contributed by atoms with Crippen molar-refractivity contribution in [2.45, 2.75) is 44.6 Å². The highest BCUT2D eigenvalue weighted by molar-refractivity contribution is 4.98. The Morgan fingerprint density at radius 3 is 2.85 bits per heavy atom. The van der Waals surface area contributed by atoms with Crippen molar-refractivity contribution in [2.24, 2.45) is 11.7 Å². The van der Waals surface area contributed by atoms with E-state index in [1.807, 2.05) is 0 Å². The van der Waals surface area contributed by atoms with Crippen LogP contribution in [0.3, 0.4) is 0 Å². The lowest BCUT2D eigenvalue weighted by atomic mass is 9.72. The fourth-order valence-corrected chi connectivity index (χ4v) is 3.24. The normalized spacial score (nSPS) is 41.5. The van der Waals surface area contributed by atoms with E-state index >= 15 is 0 Å². The van der Waals surface area contributed by atoms with Crippen molar-refractivity contribution < 1.29 is 0 Å². The Hall–Kier alpha value is -0.0800. The van der Waals surface area contributed by atoms with Gasteiger partial charge in [-0.25, -0.2) is 0 Å². The molecular weight excluding hydrogens is 160 g/mol. The molecule has 2 N–H and O–H groups in total. The van der Waals surface area contributed by atoms with Gasteiger partial charge >= 0.3 is 0 Å². The summed E-state index contributed by atoms with van der Waals surface area (Å²) >= 11 is 0. The van der Waals surface area contributed by atoms with Crippen LogP contribution >= 0.6 is 0 Å². The van der Waals surface area contributed by atoms with Crippen molar-refractivity contribution in [2.75, 3.05) is 19.6 Å². The average Bonchev–Trinajstić information content (AvgIpc) is 2.16. The van der Waals surface area contributed by atoms with E-state index in [9.17, 15) is 0 Å². The van der Waals surface area contributed by atoms with E-state index in [-0.39, 0.29) is 0 Å². The molecule has 0 bridgehead atoms. The van der Waals surface area contributed by atoms with Crippen molar-refractivity contribution in [1.29, 1.82) is 0 Å². The molecule has 0 saturated carbocycles. The summed E-state index contributed by atoms with van der Waals surface area (Å²) in [4.78, 5) is 2.69. The first-order valence-corrected chi connectivity index (χ1v) is 5.72. The van der Waals surface area contributed by atoms with Gasteiger partial charge in [0.1, 0.15) is 0 Å². The van der Waals surface area contributed by atoms with E-state index in [1.165, 1.54) is 45.2 Å². The molecule has 0 aliphatic carbocycles. The molecule has 2 saturated heterocycles. The first kappa shape index (κ1) is 9.47. The molecule has 0 aromatic carbocycles. The molecule has 2 atom stereocenters. The largest absolute Gasteiger partial charge is 0.330 e. The summed E-state index contributed by atoms with van der Waals surface area (Å²) in [5.41, 5.74) is 6.32. The summed E-state index contributed by atoms with van der Waals surface area (Å²) in [6.07, 6.45) is 6.88. The lowest BCUT2D eigenvalue weighted by molar-refractivity contribution is -0.0184. The fourth-order valence-electron chi connectivity index (χ4n) is 3.24. The third-order valence-corrected chi connectivity index (χ3v) is 4.23. The minimum Gasteiger partial charge on any atom is -0.330 e. The van der Waals surface area contributed by atoms with Crippen molar-refractivity contribution in [3.63, 3.8) is 0 Å². The van der Waals surface area contributed by atoms with Crippen molar-refractivity contribution in [1.82, 2.24) is 4.90 Å². The van der Waals surface area contributed by atoms with Crippen LogP contribution in [0.2, 0.25) is 0 Å². The zero-order valence-corrected chi connectivity index (χ0v) is 8.76. The molecule has 2 rings (SSSR count). The summed E-state index contributed by atoms with van der Waals surface area (Å²) in [6, 6.07) is 0. The molecule has 0 spiro atoms. The maximum atomic E-state index is 5.87. The number of nitrogens with two attached hydrogens (primary N) is 1. The molecule has 2 fully saturated rings. The summed E-state index contributed by atoms with van der Waals surface area (Å²) < 4.78 is 0. The Kier molecular flexibility index (Phi) is 2.61. The monoisotopic (exact) mass is 182 g/mol. The number of rotatable bonds is 1.